The van der Waals surface area contributed by atoms with Crippen LogP contribution in [-0.4, -0.2) is 18.2 Å². The molecular formula is C15H25NO. The summed E-state index contributed by atoms with van der Waals surface area (Å²) in [5.74, 6) is 0. The highest BCUT2D eigenvalue weighted by atomic mass is 16.5. The van der Waals surface area contributed by atoms with Crippen LogP contribution in [0.2, 0.25) is 0 Å². The van der Waals surface area contributed by atoms with Crippen LogP contribution in [0.4, 0.5) is 0 Å². The first-order valence-corrected chi connectivity index (χ1v) is 6.38. The van der Waals surface area contributed by atoms with E-state index in [1.807, 2.05) is 18.2 Å². The summed E-state index contributed by atoms with van der Waals surface area (Å²) in [6, 6.07) is 10.3. The van der Waals surface area contributed by atoms with Gasteiger partial charge in [0.1, 0.15) is 0 Å². The molecule has 0 fully saturated rings. The first-order chi connectivity index (χ1) is 7.97. The van der Waals surface area contributed by atoms with E-state index in [0.717, 1.165) is 13.0 Å². The first-order valence-electron chi connectivity index (χ1n) is 6.38. The minimum Gasteiger partial charge on any atom is -0.374 e. The molecule has 2 heteroatoms. The van der Waals surface area contributed by atoms with Gasteiger partial charge in [0.2, 0.25) is 0 Å². The molecule has 1 atom stereocenters. The fourth-order valence-corrected chi connectivity index (χ4v) is 1.55. The Hall–Kier alpha value is -0.860. The van der Waals surface area contributed by atoms with Gasteiger partial charge in [-0.25, -0.2) is 0 Å². The largest absolute Gasteiger partial charge is 0.374 e. The van der Waals surface area contributed by atoms with Gasteiger partial charge in [-0.3, -0.25) is 0 Å². The Bertz CT molecular complexity index is 302. The fraction of sp³-hybridized carbons (Fsp3) is 0.600. The fourth-order valence-electron chi connectivity index (χ4n) is 1.55. The van der Waals surface area contributed by atoms with Crippen molar-refractivity contribution in [1.82, 2.24) is 5.32 Å². The molecule has 0 aliphatic heterocycles. The van der Waals surface area contributed by atoms with E-state index in [-0.39, 0.29) is 5.54 Å². The Kier molecular flexibility index (Phi) is 5.66. The van der Waals surface area contributed by atoms with Crippen LogP contribution >= 0.6 is 0 Å². The summed E-state index contributed by atoms with van der Waals surface area (Å²) in [5, 5.41) is 3.47. The summed E-state index contributed by atoms with van der Waals surface area (Å²) in [6.45, 7) is 10.4. The van der Waals surface area contributed by atoms with Crippen molar-refractivity contribution < 1.29 is 4.74 Å². The monoisotopic (exact) mass is 235 g/mol. The minimum atomic E-state index is 0.194. The number of benzene rings is 1. The third-order valence-electron chi connectivity index (χ3n) is 2.58. The summed E-state index contributed by atoms with van der Waals surface area (Å²) in [7, 11) is 0. The molecule has 0 saturated heterocycles. The SMILES string of the molecule is CC(CCNC(C)(C)C)OCc1ccccc1. The molecule has 17 heavy (non-hydrogen) atoms. The van der Waals surface area contributed by atoms with Crippen LogP contribution in [-0.2, 0) is 11.3 Å². The van der Waals surface area contributed by atoms with Crippen molar-refractivity contribution in [2.45, 2.75) is 52.4 Å². The van der Waals surface area contributed by atoms with Crippen LogP contribution in [0.1, 0.15) is 39.7 Å². The molecule has 0 radical (unpaired) electrons. The lowest BCUT2D eigenvalue weighted by Gasteiger charge is -2.22. The van der Waals surface area contributed by atoms with E-state index in [0.29, 0.717) is 12.7 Å². The summed E-state index contributed by atoms with van der Waals surface area (Å²) in [6.07, 6.45) is 1.34. The van der Waals surface area contributed by atoms with Gasteiger partial charge < -0.3 is 10.1 Å². The van der Waals surface area contributed by atoms with E-state index >= 15 is 0 Å². The van der Waals surface area contributed by atoms with Crippen LogP contribution in [0, 0.1) is 0 Å². The molecule has 0 spiro atoms. The van der Waals surface area contributed by atoms with Crippen molar-refractivity contribution in [2.24, 2.45) is 0 Å². The zero-order chi connectivity index (χ0) is 12.7. The Balaban J connectivity index is 2.15. The molecular weight excluding hydrogens is 210 g/mol. The van der Waals surface area contributed by atoms with Crippen LogP contribution in [0.25, 0.3) is 0 Å². The quantitative estimate of drug-likeness (QED) is 0.816. The third kappa shape index (κ3) is 7.14. The molecule has 1 N–H and O–H groups in total. The van der Waals surface area contributed by atoms with Gasteiger partial charge in [0, 0.05) is 5.54 Å². The van der Waals surface area contributed by atoms with Gasteiger partial charge in [-0.2, -0.15) is 0 Å². The molecule has 0 heterocycles. The van der Waals surface area contributed by atoms with Gasteiger partial charge in [0.15, 0.2) is 0 Å². The van der Waals surface area contributed by atoms with Gasteiger partial charge in [0.25, 0.3) is 0 Å². The van der Waals surface area contributed by atoms with Gasteiger partial charge in [-0.05, 0) is 46.2 Å². The average molecular weight is 235 g/mol. The highest BCUT2D eigenvalue weighted by Gasteiger charge is 2.09. The average Bonchev–Trinajstić information content (AvgIpc) is 2.26. The summed E-state index contributed by atoms with van der Waals surface area (Å²) in [4.78, 5) is 0. The van der Waals surface area contributed by atoms with Gasteiger partial charge in [-0.1, -0.05) is 30.3 Å². The van der Waals surface area contributed by atoms with Crippen LogP contribution in [0.5, 0.6) is 0 Å². The lowest BCUT2D eigenvalue weighted by molar-refractivity contribution is 0.0468. The molecule has 0 aliphatic carbocycles. The number of hydrogen-bond donors (Lipinski definition) is 1. The van der Waals surface area contributed by atoms with Crippen molar-refractivity contribution in [3.05, 3.63) is 35.9 Å². The number of nitrogens with one attached hydrogen (secondary N) is 1. The molecule has 96 valence electrons. The molecule has 0 saturated carbocycles. The molecule has 2 nitrogen and oxygen atoms in total. The van der Waals surface area contributed by atoms with E-state index < -0.39 is 0 Å². The van der Waals surface area contributed by atoms with E-state index in [4.69, 9.17) is 4.74 Å². The third-order valence-corrected chi connectivity index (χ3v) is 2.58. The zero-order valence-corrected chi connectivity index (χ0v) is 11.5. The van der Waals surface area contributed by atoms with E-state index in [1.165, 1.54) is 5.56 Å². The highest BCUT2D eigenvalue weighted by molar-refractivity contribution is 5.13. The standard InChI is InChI=1S/C15H25NO/c1-13(10-11-16-15(2,3)4)17-12-14-8-6-5-7-9-14/h5-9,13,16H,10-12H2,1-4H3. The first kappa shape index (κ1) is 14.2. The Labute approximate surface area is 105 Å². The number of hydrogen-bond acceptors (Lipinski definition) is 2. The van der Waals surface area contributed by atoms with Gasteiger partial charge in [0.05, 0.1) is 12.7 Å². The summed E-state index contributed by atoms with van der Waals surface area (Å²) in [5.41, 5.74) is 1.43. The molecule has 0 bridgehead atoms. The maximum absolute atomic E-state index is 5.80. The van der Waals surface area contributed by atoms with Crippen molar-refractivity contribution >= 4 is 0 Å². The smallest absolute Gasteiger partial charge is 0.0720 e. The molecule has 1 aromatic rings. The van der Waals surface area contributed by atoms with E-state index in [1.54, 1.807) is 0 Å². The minimum absolute atomic E-state index is 0.194. The molecule has 1 unspecified atom stereocenters. The van der Waals surface area contributed by atoms with E-state index in [9.17, 15) is 0 Å². The predicted molar refractivity (Wildman–Crippen MR) is 73.1 cm³/mol. The molecule has 0 aliphatic rings. The molecule has 1 aromatic carbocycles. The van der Waals surface area contributed by atoms with Gasteiger partial charge >= 0.3 is 0 Å². The van der Waals surface area contributed by atoms with E-state index in [2.05, 4.69) is 45.1 Å². The Morgan fingerprint density at radius 1 is 1.18 bits per heavy atom. The molecule has 0 amide bonds. The van der Waals surface area contributed by atoms with Crippen molar-refractivity contribution in [1.29, 1.82) is 0 Å². The normalized spacial score (nSPS) is 13.6. The van der Waals surface area contributed by atoms with Crippen LogP contribution in [0.3, 0.4) is 0 Å². The summed E-state index contributed by atoms with van der Waals surface area (Å²) < 4.78 is 5.80. The zero-order valence-electron chi connectivity index (χ0n) is 11.5. The Morgan fingerprint density at radius 2 is 1.82 bits per heavy atom. The number of rotatable bonds is 6. The maximum atomic E-state index is 5.80. The topological polar surface area (TPSA) is 21.3 Å². The molecule has 1 rings (SSSR count). The molecule has 0 aromatic heterocycles. The second kappa shape index (κ2) is 6.77. The van der Waals surface area contributed by atoms with Crippen molar-refractivity contribution in [3.8, 4) is 0 Å². The van der Waals surface area contributed by atoms with Crippen LogP contribution in [0.15, 0.2) is 30.3 Å². The Morgan fingerprint density at radius 3 is 2.41 bits per heavy atom. The summed E-state index contributed by atoms with van der Waals surface area (Å²) >= 11 is 0. The second-order valence-electron chi connectivity index (χ2n) is 5.57. The lowest BCUT2D eigenvalue weighted by Crippen LogP contribution is -2.37. The van der Waals surface area contributed by atoms with Crippen LogP contribution < -0.4 is 5.32 Å². The van der Waals surface area contributed by atoms with Crippen molar-refractivity contribution in [2.75, 3.05) is 6.54 Å². The maximum Gasteiger partial charge on any atom is 0.0720 e. The highest BCUT2D eigenvalue weighted by Crippen LogP contribution is 2.06. The lowest BCUT2D eigenvalue weighted by atomic mass is 10.1. The number of ether oxygens (including phenoxy) is 1. The van der Waals surface area contributed by atoms with Crippen molar-refractivity contribution in [3.63, 3.8) is 0 Å². The van der Waals surface area contributed by atoms with Gasteiger partial charge in [-0.15, -0.1) is 0 Å². The second-order valence-corrected chi connectivity index (χ2v) is 5.57. The predicted octanol–water partition coefficient (Wildman–Crippen LogP) is 3.37.